The van der Waals surface area contributed by atoms with Gasteiger partial charge in [0.2, 0.25) is 0 Å². The topological polar surface area (TPSA) is 92.2 Å². The second-order valence-electron chi connectivity index (χ2n) is 7.52. The fraction of sp³-hybridized carbons (Fsp3) is 0.120. The molecule has 37 heavy (non-hydrogen) atoms. The van der Waals surface area contributed by atoms with Crippen LogP contribution in [0.1, 0.15) is 21.5 Å². The average molecular weight is 571 g/mol. The summed E-state index contributed by atoms with van der Waals surface area (Å²) in [5, 5.41) is 11.2. The van der Waals surface area contributed by atoms with Crippen LogP contribution in [-0.2, 0) is 11.0 Å². The first kappa shape index (κ1) is 28.2. The first-order valence-corrected chi connectivity index (χ1v) is 11.6. The quantitative estimate of drug-likeness (QED) is 0.273. The van der Waals surface area contributed by atoms with E-state index >= 15 is 0 Å². The van der Waals surface area contributed by atoms with Crippen LogP contribution in [0.25, 0.3) is 22.2 Å². The van der Waals surface area contributed by atoms with Crippen molar-refractivity contribution < 1.29 is 27.9 Å². The summed E-state index contributed by atoms with van der Waals surface area (Å²) in [7, 11) is 0. The third kappa shape index (κ3) is 6.68. The lowest BCUT2D eigenvalue weighted by Gasteiger charge is -2.15. The van der Waals surface area contributed by atoms with E-state index in [-0.39, 0.29) is 26.3 Å². The normalized spacial score (nSPS) is 11.0. The summed E-state index contributed by atoms with van der Waals surface area (Å²) >= 11 is 17.3. The second kappa shape index (κ2) is 11.8. The maximum atomic E-state index is 13.3. The Kier molecular flexibility index (Phi) is 8.96. The molecule has 0 saturated heterocycles. The summed E-state index contributed by atoms with van der Waals surface area (Å²) in [5.74, 6) is -1.74. The molecule has 0 radical (unpaired) electrons. The van der Waals surface area contributed by atoms with Gasteiger partial charge in [-0.05, 0) is 36.8 Å². The molecule has 4 aromatic rings. The predicted molar refractivity (Wildman–Crippen MR) is 136 cm³/mol. The third-order valence-electron chi connectivity index (χ3n) is 5.00. The van der Waals surface area contributed by atoms with E-state index in [0.29, 0.717) is 16.5 Å². The number of nitrogens with one attached hydrogen (secondary N) is 1. The van der Waals surface area contributed by atoms with Crippen LogP contribution in [-0.4, -0.2) is 33.5 Å². The molecule has 0 fully saturated rings. The van der Waals surface area contributed by atoms with Gasteiger partial charge < -0.3 is 10.4 Å². The number of carboxylic acid groups (broad SMARTS) is 1. The molecule has 12 heteroatoms. The predicted octanol–water partition coefficient (Wildman–Crippen LogP) is 7.09. The van der Waals surface area contributed by atoms with E-state index < -0.39 is 30.2 Å². The van der Waals surface area contributed by atoms with E-state index in [0.717, 1.165) is 11.6 Å². The number of carbonyl (C=O) groups is 2. The zero-order chi connectivity index (χ0) is 27.3. The number of aliphatic carboxylic acids is 1. The SMILES string of the molecule is Cc1ccc(-c2nccc(Cl)c2C(F)(F)F)c2cccnc12.O=C(O)CNC(=O)c1c(Cl)cccc1Cl. The average Bonchev–Trinajstić information content (AvgIpc) is 2.82. The van der Waals surface area contributed by atoms with Crippen molar-refractivity contribution in [2.45, 2.75) is 13.1 Å². The maximum Gasteiger partial charge on any atom is 0.419 e. The standard InChI is InChI=1S/C16H10ClF3N2.C9H7Cl2NO3/c1-9-4-5-11(10-3-2-7-21-14(9)10)15-13(16(18,19)20)12(17)6-8-22-15;10-5-2-1-3-6(11)8(5)9(15)12-4-7(13)14/h2-8H,1H3;1-3H,4H2,(H,12,15)(H,13,14). The number of nitrogens with zero attached hydrogens (tertiary/aromatic N) is 2. The Labute approximate surface area is 224 Å². The van der Waals surface area contributed by atoms with Gasteiger partial charge in [0.15, 0.2) is 0 Å². The molecule has 2 heterocycles. The number of aryl methyl sites for hydroxylation is 1. The Hall–Kier alpha value is -3.40. The van der Waals surface area contributed by atoms with E-state index in [1.165, 1.54) is 18.3 Å². The number of carbonyl (C=O) groups excluding carboxylic acids is 1. The van der Waals surface area contributed by atoms with Crippen LogP contribution in [0.5, 0.6) is 0 Å². The lowest BCUT2D eigenvalue weighted by Crippen LogP contribution is -2.29. The molecule has 1 amide bonds. The van der Waals surface area contributed by atoms with Crippen molar-refractivity contribution in [1.29, 1.82) is 0 Å². The summed E-state index contributed by atoms with van der Waals surface area (Å²) in [4.78, 5) is 29.8. The van der Waals surface area contributed by atoms with Gasteiger partial charge in [0.1, 0.15) is 12.1 Å². The number of benzene rings is 2. The molecule has 6 nitrogen and oxygen atoms in total. The minimum absolute atomic E-state index is 0.0853. The summed E-state index contributed by atoms with van der Waals surface area (Å²) in [5.41, 5.74) is 0.874. The molecule has 0 aliphatic carbocycles. The van der Waals surface area contributed by atoms with Crippen molar-refractivity contribution in [1.82, 2.24) is 15.3 Å². The van der Waals surface area contributed by atoms with Crippen molar-refractivity contribution in [3.05, 3.63) is 92.7 Å². The molecule has 0 aliphatic heterocycles. The lowest BCUT2D eigenvalue weighted by atomic mass is 9.98. The number of hydrogen-bond donors (Lipinski definition) is 2. The zero-order valence-corrected chi connectivity index (χ0v) is 21.2. The van der Waals surface area contributed by atoms with Gasteiger partial charge in [-0.2, -0.15) is 13.2 Å². The molecule has 192 valence electrons. The number of aromatic nitrogens is 2. The van der Waals surface area contributed by atoms with Gasteiger partial charge in [-0.1, -0.05) is 59.1 Å². The molecule has 0 atom stereocenters. The van der Waals surface area contributed by atoms with Gasteiger partial charge >= 0.3 is 12.1 Å². The van der Waals surface area contributed by atoms with Crippen molar-refractivity contribution in [3.63, 3.8) is 0 Å². The Morgan fingerprint density at radius 3 is 2.22 bits per heavy atom. The molecule has 0 saturated carbocycles. The van der Waals surface area contributed by atoms with E-state index in [1.807, 2.05) is 6.92 Å². The van der Waals surface area contributed by atoms with Gasteiger partial charge in [0.25, 0.3) is 5.91 Å². The molecular formula is C25H17Cl3F3N3O3. The summed E-state index contributed by atoms with van der Waals surface area (Å²) < 4.78 is 40.0. The highest BCUT2D eigenvalue weighted by Crippen LogP contribution is 2.42. The van der Waals surface area contributed by atoms with Crippen LogP contribution in [0.15, 0.2) is 60.9 Å². The van der Waals surface area contributed by atoms with Crippen molar-refractivity contribution >= 4 is 57.6 Å². The fourth-order valence-electron chi connectivity index (χ4n) is 3.39. The number of pyridine rings is 2. The van der Waals surface area contributed by atoms with Gasteiger partial charge in [-0.15, -0.1) is 0 Å². The van der Waals surface area contributed by atoms with Crippen LogP contribution in [0.4, 0.5) is 13.2 Å². The molecule has 0 aliphatic rings. The van der Waals surface area contributed by atoms with Crippen molar-refractivity contribution in [3.8, 4) is 11.3 Å². The number of halogens is 6. The second-order valence-corrected chi connectivity index (χ2v) is 8.74. The highest BCUT2D eigenvalue weighted by molar-refractivity contribution is 6.39. The third-order valence-corrected chi connectivity index (χ3v) is 5.95. The van der Waals surface area contributed by atoms with Crippen LogP contribution >= 0.6 is 34.8 Å². The minimum atomic E-state index is -4.58. The van der Waals surface area contributed by atoms with E-state index in [9.17, 15) is 22.8 Å². The lowest BCUT2D eigenvalue weighted by molar-refractivity contribution is -0.137. The number of fused-ring (bicyclic) bond motifs is 1. The smallest absolute Gasteiger partial charge is 0.419 e. The molecule has 2 aromatic carbocycles. The zero-order valence-electron chi connectivity index (χ0n) is 18.9. The maximum absolute atomic E-state index is 13.3. The summed E-state index contributed by atoms with van der Waals surface area (Å²) in [6.45, 7) is 1.38. The first-order valence-electron chi connectivity index (χ1n) is 10.4. The monoisotopic (exact) mass is 569 g/mol. The highest BCUT2D eigenvalue weighted by atomic mass is 35.5. The van der Waals surface area contributed by atoms with Crippen molar-refractivity contribution in [2.24, 2.45) is 0 Å². The number of carboxylic acids is 1. The van der Waals surface area contributed by atoms with Gasteiger partial charge in [0, 0.05) is 23.3 Å². The first-order chi connectivity index (χ1) is 17.4. The molecule has 2 N–H and O–H groups in total. The number of alkyl halides is 3. The molecule has 0 spiro atoms. The van der Waals surface area contributed by atoms with E-state index in [2.05, 4.69) is 15.3 Å². The van der Waals surface area contributed by atoms with E-state index in [4.69, 9.17) is 39.9 Å². The van der Waals surface area contributed by atoms with Crippen LogP contribution in [0.2, 0.25) is 15.1 Å². The van der Waals surface area contributed by atoms with Gasteiger partial charge in [-0.25, -0.2) is 0 Å². The van der Waals surface area contributed by atoms with Crippen molar-refractivity contribution in [2.75, 3.05) is 6.54 Å². The van der Waals surface area contributed by atoms with Crippen LogP contribution in [0, 0.1) is 6.92 Å². The van der Waals surface area contributed by atoms with Crippen LogP contribution < -0.4 is 5.32 Å². The Morgan fingerprint density at radius 1 is 0.919 bits per heavy atom. The molecule has 2 aromatic heterocycles. The Morgan fingerprint density at radius 2 is 1.59 bits per heavy atom. The Bertz CT molecular complexity index is 1460. The van der Waals surface area contributed by atoms with E-state index in [1.54, 1.807) is 36.5 Å². The summed E-state index contributed by atoms with van der Waals surface area (Å²) in [6, 6.07) is 12.5. The molecular weight excluding hydrogens is 554 g/mol. The number of rotatable bonds is 4. The number of amides is 1. The summed E-state index contributed by atoms with van der Waals surface area (Å²) in [6.07, 6.45) is -1.70. The molecule has 0 unspecified atom stereocenters. The molecule has 0 bridgehead atoms. The fourth-order valence-corrected chi connectivity index (χ4v) is 4.21. The van der Waals surface area contributed by atoms with Gasteiger partial charge in [-0.3, -0.25) is 19.6 Å². The largest absolute Gasteiger partial charge is 0.480 e. The molecule has 4 rings (SSSR count). The number of hydrogen-bond acceptors (Lipinski definition) is 4. The Balaban J connectivity index is 0.000000222. The van der Waals surface area contributed by atoms with Gasteiger partial charge in [0.05, 0.1) is 31.8 Å². The highest BCUT2D eigenvalue weighted by Gasteiger charge is 2.37. The minimum Gasteiger partial charge on any atom is -0.480 e. The van der Waals surface area contributed by atoms with Crippen LogP contribution in [0.3, 0.4) is 0 Å².